The van der Waals surface area contributed by atoms with Crippen LogP contribution < -0.4 is 10.1 Å². The van der Waals surface area contributed by atoms with Gasteiger partial charge >= 0.3 is 12.3 Å². The number of carbonyl (C=O) groups excluding carboxylic acids is 1. The maximum absolute atomic E-state index is 12.2. The molecule has 5 nitrogen and oxygen atoms in total. The van der Waals surface area contributed by atoms with Gasteiger partial charge < -0.3 is 15.2 Å². The second kappa shape index (κ2) is 7.11. The molecule has 0 unspecified atom stereocenters. The molecule has 132 valence electrons. The Morgan fingerprint density at radius 2 is 1.79 bits per heavy atom. The van der Waals surface area contributed by atoms with Gasteiger partial charge in [0.15, 0.2) is 0 Å². The van der Waals surface area contributed by atoms with Crippen LogP contribution in [0, 0.1) is 11.8 Å². The molecule has 0 heterocycles. The second-order valence-corrected chi connectivity index (χ2v) is 5.89. The van der Waals surface area contributed by atoms with E-state index in [1.54, 1.807) is 6.92 Å². The van der Waals surface area contributed by atoms with Gasteiger partial charge in [-0.3, -0.25) is 9.59 Å². The number of aliphatic carboxylic acids is 1. The van der Waals surface area contributed by atoms with Crippen LogP contribution in [-0.4, -0.2) is 23.3 Å². The Morgan fingerprint density at radius 1 is 1.21 bits per heavy atom. The van der Waals surface area contributed by atoms with Crippen molar-refractivity contribution in [3.63, 3.8) is 0 Å². The lowest BCUT2D eigenvalue weighted by Crippen LogP contribution is -2.32. The summed E-state index contributed by atoms with van der Waals surface area (Å²) in [6.45, 7) is 1.71. The summed E-state index contributed by atoms with van der Waals surface area (Å²) in [5.41, 5.74) is 0.630. The van der Waals surface area contributed by atoms with Crippen LogP contribution >= 0.6 is 0 Å². The normalized spacial score (nSPS) is 22.0. The van der Waals surface area contributed by atoms with Crippen LogP contribution in [-0.2, 0) is 9.59 Å². The molecule has 24 heavy (non-hydrogen) atoms. The van der Waals surface area contributed by atoms with E-state index >= 15 is 0 Å². The maximum Gasteiger partial charge on any atom is 0.573 e. The highest BCUT2D eigenvalue weighted by atomic mass is 19.4. The average Bonchev–Trinajstić information content (AvgIpc) is 2.96. The highest BCUT2D eigenvalue weighted by Crippen LogP contribution is 2.32. The Hall–Kier alpha value is -2.25. The van der Waals surface area contributed by atoms with E-state index in [4.69, 9.17) is 5.11 Å². The second-order valence-electron chi connectivity index (χ2n) is 5.89. The van der Waals surface area contributed by atoms with E-state index in [0.29, 0.717) is 24.8 Å². The Balaban J connectivity index is 1.91. The van der Waals surface area contributed by atoms with Crippen molar-refractivity contribution < 1.29 is 32.6 Å². The van der Waals surface area contributed by atoms with Gasteiger partial charge in [-0.1, -0.05) is 12.1 Å². The number of carbonyl (C=O) groups is 2. The first-order valence-corrected chi connectivity index (χ1v) is 7.54. The number of amides is 1. The fourth-order valence-corrected chi connectivity index (χ4v) is 2.82. The Kier molecular flexibility index (Phi) is 5.36. The first kappa shape index (κ1) is 18.1. The number of alkyl halides is 3. The average molecular weight is 345 g/mol. The van der Waals surface area contributed by atoms with E-state index in [2.05, 4.69) is 10.1 Å². The van der Waals surface area contributed by atoms with Gasteiger partial charge in [0.2, 0.25) is 5.91 Å². The largest absolute Gasteiger partial charge is 0.573 e. The van der Waals surface area contributed by atoms with Gasteiger partial charge in [0.25, 0.3) is 0 Å². The van der Waals surface area contributed by atoms with E-state index in [0.717, 1.165) is 0 Å². The van der Waals surface area contributed by atoms with Crippen LogP contribution in [0.5, 0.6) is 5.75 Å². The van der Waals surface area contributed by atoms with E-state index in [1.165, 1.54) is 24.3 Å². The lowest BCUT2D eigenvalue weighted by Gasteiger charge is -2.18. The molecular weight excluding hydrogens is 327 g/mol. The van der Waals surface area contributed by atoms with Crippen LogP contribution in [0.15, 0.2) is 24.3 Å². The number of carboxylic acid groups (broad SMARTS) is 1. The van der Waals surface area contributed by atoms with Gasteiger partial charge in [-0.2, -0.15) is 0 Å². The molecule has 0 saturated heterocycles. The number of ether oxygens (including phenoxy) is 1. The molecule has 0 aliphatic heterocycles. The number of rotatable bonds is 5. The van der Waals surface area contributed by atoms with E-state index in [1.807, 2.05) is 0 Å². The van der Waals surface area contributed by atoms with E-state index in [-0.39, 0.29) is 17.6 Å². The molecule has 1 aromatic rings. The number of carboxylic acids is 1. The van der Waals surface area contributed by atoms with Crippen molar-refractivity contribution >= 4 is 11.9 Å². The lowest BCUT2D eigenvalue weighted by atomic mass is 10.0. The smallest absolute Gasteiger partial charge is 0.481 e. The van der Waals surface area contributed by atoms with Crippen LogP contribution in [0.25, 0.3) is 0 Å². The van der Waals surface area contributed by atoms with Crippen LogP contribution in [0.1, 0.15) is 37.8 Å². The Labute approximate surface area is 136 Å². The third kappa shape index (κ3) is 4.87. The molecule has 0 radical (unpaired) electrons. The quantitative estimate of drug-likeness (QED) is 0.859. The highest BCUT2D eigenvalue weighted by molar-refractivity contribution is 5.81. The molecule has 1 aromatic carbocycles. The minimum Gasteiger partial charge on any atom is -0.481 e. The summed E-state index contributed by atoms with van der Waals surface area (Å²) in [7, 11) is 0. The standard InChI is InChI=1S/C16H18F3NO4/c1-9(10-4-6-13(7-5-10)24-16(17,18)19)20-14(21)11-2-3-12(8-11)15(22)23/h4-7,9,11-12H,2-3,8H2,1H3,(H,20,21)(H,22,23)/t9-,11+,12-/m0/s1. The molecule has 3 atom stereocenters. The van der Waals surface area contributed by atoms with Gasteiger partial charge in [0.1, 0.15) is 5.75 Å². The van der Waals surface area contributed by atoms with Gasteiger partial charge in [-0.25, -0.2) is 0 Å². The summed E-state index contributed by atoms with van der Waals surface area (Å²) in [6, 6.07) is 4.85. The first-order valence-electron chi connectivity index (χ1n) is 7.54. The molecule has 0 aromatic heterocycles. The molecule has 0 spiro atoms. The van der Waals surface area contributed by atoms with Gasteiger partial charge in [-0.15, -0.1) is 13.2 Å². The molecular formula is C16H18F3NO4. The fourth-order valence-electron chi connectivity index (χ4n) is 2.82. The summed E-state index contributed by atoms with van der Waals surface area (Å²) in [5, 5.41) is 11.7. The zero-order chi connectivity index (χ0) is 17.9. The Morgan fingerprint density at radius 3 is 2.29 bits per heavy atom. The monoisotopic (exact) mass is 345 g/mol. The number of hydrogen-bond donors (Lipinski definition) is 2. The third-order valence-corrected chi connectivity index (χ3v) is 4.13. The molecule has 8 heteroatoms. The zero-order valence-corrected chi connectivity index (χ0v) is 13.0. The van der Waals surface area contributed by atoms with Gasteiger partial charge in [0.05, 0.1) is 12.0 Å². The molecule has 1 aliphatic carbocycles. The third-order valence-electron chi connectivity index (χ3n) is 4.13. The van der Waals surface area contributed by atoms with Crippen LogP contribution in [0.3, 0.4) is 0 Å². The topological polar surface area (TPSA) is 75.6 Å². The molecule has 1 saturated carbocycles. The molecule has 2 N–H and O–H groups in total. The first-order chi connectivity index (χ1) is 11.2. The lowest BCUT2D eigenvalue weighted by molar-refractivity contribution is -0.274. The van der Waals surface area contributed by atoms with Crippen molar-refractivity contribution in [3.05, 3.63) is 29.8 Å². The summed E-state index contributed by atoms with van der Waals surface area (Å²) >= 11 is 0. The number of benzene rings is 1. The van der Waals surface area contributed by atoms with Crippen molar-refractivity contribution in [1.29, 1.82) is 0 Å². The molecule has 1 amide bonds. The summed E-state index contributed by atoms with van der Waals surface area (Å²) in [5.74, 6) is -2.29. The van der Waals surface area contributed by atoms with Crippen molar-refractivity contribution in [1.82, 2.24) is 5.32 Å². The van der Waals surface area contributed by atoms with Crippen molar-refractivity contribution in [2.24, 2.45) is 11.8 Å². The van der Waals surface area contributed by atoms with Crippen LogP contribution in [0.2, 0.25) is 0 Å². The molecule has 0 bridgehead atoms. The summed E-state index contributed by atoms with van der Waals surface area (Å²) < 4.78 is 40.1. The minimum atomic E-state index is -4.75. The SMILES string of the molecule is C[C@H](NC(=O)[C@@H]1CC[C@H](C(=O)O)C1)c1ccc(OC(F)(F)F)cc1. The van der Waals surface area contributed by atoms with Crippen LogP contribution in [0.4, 0.5) is 13.2 Å². The number of hydrogen-bond acceptors (Lipinski definition) is 3. The summed E-state index contributed by atoms with van der Waals surface area (Å²) in [4.78, 5) is 23.1. The van der Waals surface area contributed by atoms with E-state index in [9.17, 15) is 22.8 Å². The van der Waals surface area contributed by atoms with Crippen molar-refractivity contribution in [2.75, 3.05) is 0 Å². The van der Waals surface area contributed by atoms with Crippen molar-refractivity contribution in [2.45, 2.75) is 38.6 Å². The highest BCUT2D eigenvalue weighted by Gasteiger charge is 2.34. The predicted molar refractivity (Wildman–Crippen MR) is 78.1 cm³/mol. The molecule has 1 fully saturated rings. The van der Waals surface area contributed by atoms with Gasteiger partial charge in [0, 0.05) is 5.92 Å². The summed E-state index contributed by atoms with van der Waals surface area (Å²) in [6.07, 6.45) is -3.43. The number of nitrogens with one attached hydrogen (secondary N) is 1. The number of halogens is 3. The molecule has 1 aliphatic rings. The van der Waals surface area contributed by atoms with Gasteiger partial charge in [-0.05, 0) is 43.9 Å². The predicted octanol–water partition coefficient (Wildman–Crippen LogP) is 3.26. The Bertz CT molecular complexity index is 600. The van der Waals surface area contributed by atoms with Crippen molar-refractivity contribution in [3.8, 4) is 5.75 Å². The maximum atomic E-state index is 12.2. The van der Waals surface area contributed by atoms with E-state index < -0.39 is 24.3 Å². The molecule has 2 rings (SSSR count). The fraction of sp³-hybridized carbons (Fsp3) is 0.500. The minimum absolute atomic E-state index is 0.234. The zero-order valence-electron chi connectivity index (χ0n) is 13.0.